The molecule has 0 bridgehead atoms. The van der Waals surface area contributed by atoms with Gasteiger partial charge < -0.3 is 27.0 Å². The van der Waals surface area contributed by atoms with Gasteiger partial charge in [0.15, 0.2) is 0 Å². The third-order valence-corrected chi connectivity index (χ3v) is 7.59. The van der Waals surface area contributed by atoms with Crippen LogP contribution in [0.5, 0.6) is 0 Å². The van der Waals surface area contributed by atoms with Crippen LogP contribution in [0.15, 0.2) is 71.6 Å². The Labute approximate surface area is 239 Å². The number of carbonyl (C=O) groups excluding carboxylic acids is 3. The number of nitrogens with one attached hydrogen (secondary N) is 2. The van der Waals surface area contributed by atoms with Gasteiger partial charge in [-0.25, -0.2) is 4.79 Å². The summed E-state index contributed by atoms with van der Waals surface area (Å²) in [4.78, 5) is 40.7. The van der Waals surface area contributed by atoms with Crippen molar-refractivity contribution in [2.45, 2.75) is 62.8 Å². The lowest BCUT2D eigenvalue weighted by atomic mass is 9.98. The number of nitrogens with zero attached hydrogens (tertiary/aromatic N) is 1. The third kappa shape index (κ3) is 7.64. The highest BCUT2D eigenvalue weighted by molar-refractivity contribution is 7.98. The number of thioether (sulfide) groups is 1. The molecule has 0 fully saturated rings. The molecule has 0 saturated heterocycles. The van der Waals surface area contributed by atoms with Gasteiger partial charge in [-0.1, -0.05) is 54.6 Å². The van der Waals surface area contributed by atoms with Gasteiger partial charge in [0, 0.05) is 42.9 Å². The second-order valence-corrected chi connectivity index (χ2v) is 11.8. The Morgan fingerprint density at radius 1 is 1.05 bits per heavy atom. The molecule has 4 rings (SSSR count). The van der Waals surface area contributed by atoms with E-state index in [9.17, 15) is 14.4 Å². The van der Waals surface area contributed by atoms with Gasteiger partial charge in [0.1, 0.15) is 6.04 Å². The first kappa shape index (κ1) is 29.2. The van der Waals surface area contributed by atoms with Crippen LogP contribution < -0.4 is 22.1 Å². The summed E-state index contributed by atoms with van der Waals surface area (Å²) in [7, 11) is 0. The molecule has 0 aliphatic carbocycles. The van der Waals surface area contributed by atoms with Crippen molar-refractivity contribution in [3.63, 3.8) is 0 Å². The molecule has 0 unspecified atom stereocenters. The van der Waals surface area contributed by atoms with E-state index in [1.165, 1.54) is 0 Å². The maximum absolute atomic E-state index is 13.8. The number of nitrogens with two attached hydrogens (primary N) is 2. The molecular weight excluding hydrogens is 522 g/mol. The van der Waals surface area contributed by atoms with Crippen molar-refractivity contribution < 1.29 is 14.4 Å². The topological polar surface area (TPSA) is 131 Å². The quantitative estimate of drug-likeness (QED) is 0.295. The normalized spacial score (nSPS) is 15.2. The van der Waals surface area contributed by atoms with E-state index in [1.807, 2.05) is 59.7 Å². The zero-order chi connectivity index (χ0) is 28.9. The second-order valence-electron chi connectivity index (χ2n) is 10.9. The van der Waals surface area contributed by atoms with Gasteiger partial charge in [-0.05, 0) is 65.6 Å². The van der Waals surface area contributed by atoms with Crippen LogP contribution in [0.2, 0.25) is 0 Å². The molecule has 3 aromatic rings. The molecule has 210 valence electrons. The van der Waals surface area contributed by atoms with Crippen LogP contribution >= 0.6 is 11.8 Å². The highest BCUT2D eigenvalue weighted by Gasteiger charge is 2.32. The van der Waals surface area contributed by atoms with Crippen molar-refractivity contribution in [2.24, 2.45) is 11.5 Å². The largest absolute Gasteiger partial charge is 0.352 e. The number of benzene rings is 3. The first-order valence-electron chi connectivity index (χ1n) is 13.3. The van der Waals surface area contributed by atoms with Crippen LogP contribution in [-0.4, -0.2) is 40.6 Å². The van der Waals surface area contributed by atoms with Crippen LogP contribution in [0.3, 0.4) is 0 Å². The standard InChI is InChI=1S/C31H37N5O3S/c1-31(2,33)16-28(37)35-27-15-24-14-25(40-3)13-12-23(24)19-36(29(27)38)18-20-8-10-21(11-9-20)26-7-5-4-6-22(26)17-34-30(32)39/h4-14,27H,15-19,33H2,1-3H3,(H,35,37)(H3,32,34,39)/t27-/m1/s1. The van der Waals surface area contributed by atoms with Crippen molar-refractivity contribution in [2.75, 3.05) is 6.26 Å². The van der Waals surface area contributed by atoms with Gasteiger partial charge in [-0.2, -0.15) is 0 Å². The number of fused-ring (bicyclic) bond motifs is 1. The van der Waals surface area contributed by atoms with Crippen LogP contribution in [0.1, 0.15) is 42.5 Å². The smallest absolute Gasteiger partial charge is 0.312 e. The maximum Gasteiger partial charge on any atom is 0.312 e. The summed E-state index contributed by atoms with van der Waals surface area (Å²) in [5, 5.41) is 5.61. The molecule has 4 amide bonds. The monoisotopic (exact) mass is 559 g/mol. The summed E-state index contributed by atoms with van der Waals surface area (Å²) >= 11 is 1.65. The van der Waals surface area contributed by atoms with Crippen molar-refractivity contribution in [3.05, 3.63) is 89.0 Å². The van der Waals surface area contributed by atoms with Crippen LogP contribution in [0.4, 0.5) is 4.79 Å². The SMILES string of the molecule is CSc1ccc2c(c1)C[C@@H](NC(=O)CC(C)(C)N)C(=O)N(Cc1ccc(-c3ccccc3CNC(N)=O)cc1)C2. The maximum atomic E-state index is 13.8. The molecule has 1 atom stereocenters. The Morgan fingerprint density at radius 2 is 1.77 bits per heavy atom. The Morgan fingerprint density at radius 3 is 2.45 bits per heavy atom. The predicted octanol–water partition coefficient (Wildman–Crippen LogP) is 3.94. The van der Waals surface area contributed by atoms with Crippen LogP contribution in [0, 0.1) is 0 Å². The molecule has 1 aliphatic rings. The molecule has 1 aliphatic heterocycles. The minimum Gasteiger partial charge on any atom is -0.352 e. The fourth-order valence-electron chi connectivity index (χ4n) is 4.94. The van der Waals surface area contributed by atoms with E-state index in [0.29, 0.717) is 26.1 Å². The molecule has 6 N–H and O–H groups in total. The van der Waals surface area contributed by atoms with Gasteiger partial charge in [0.2, 0.25) is 11.8 Å². The van der Waals surface area contributed by atoms with Crippen molar-refractivity contribution >= 4 is 29.6 Å². The van der Waals surface area contributed by atoms with E-state index in [2.05, 4.69) is 28.8 Å². The minimum absolute atomic E-state index is 0.114. The Balaban J connectivity index is 1.57. The van der Waals surface area contributed by atoms with Crippen LogP contribution in [0.25, 0.3) is 11.1 Å². The second kappa shape index (κ2) is 12.6. The molecule has 8 nitrogen and oxygen atoms in total. The number of hydrogen-bond donors (Lipinski definition) is 4. The Bertz CT molecular complexity index is 1380. The van der Waals surface area contributed by atoms with Gasteiger partial charge >= 0.3 is 6.03 Å². The fraction of sp³-hybridized carbons (Fsp3) is 0.323. The van der Waals surface area contributed by atoms with Gasteiger partial charge in [0.05, 0.1) is 0 Å². The number of amides is 4. The first-order valence-corrected chi connectivity index (χ1v) is 14.5. The lowest BCUT2D eigenvalue weighted by molar-refractivity contribution is -0.137. The molecule has 0 aromatic heterocycles. The lowest BCUT2D eigenvalue weighted by Crippen LogP contribution is -2.50. The van der Waals surface area contributed by atoms with Gasteiger partial charge in [-0.3, -0.25) is 9.59 Å². The number of urea groups is 1. The highest BCUT2D eigenvalue weighted by Crippen LogP contribution is 2.28. The average Bonchev–Trinajstić information content (AvgIpc) is 3.02. The fourth-order valence-corrected chi connectivity index (χ4v) is 5.40. The van der Waals surface area contributed by atoms with E-state index in [0.717, 1.165) is 38.3 Å². The average molecular weight is 560 g/mol. The van der Waals surface area contributed by atoms with E-state index in [-0.39, 0.29) is 18.2 Å². The van der Waals surface area contributed by atoms with Crippen LogP contribution in [-0.2, 0) is 35.6 Å². The van der Waals surface area contributed by atoms with Crippen molar-refractivity contribution in [3.8, 4) is 11.1 Å². The van der Waals surface area contributed by atoms with E-state index >= 15 is 0 Å². The van der Waals surface area contributed by atoms with Gasteiger partial charge in [0.25, 0.3) is 0 Å². The molecule has 40 heavy (non-hydrogen) atoms. The highest BCUT2D eigenvalue weighted by atomic mass is 32.2. The Hall–Kier alpha value is -3.82. The number of rotatable bonds is 9. The van der Waals surface area contributed by atoms with Crippen molar-refractivity contribution in [1.29, 1.82) is 0 Å². The number of hydrogen-bond acceptors (Lipinski definition) is 5. The summed E-state index contributed by atoms with van der Waals surface area (Å²) in [6, 6.07) is 20.9. The van der Waals surface area contributed by atoms with E-state index < -0.39 is 17.6 Å². The summed E-state index contributed by atoms with van der Waals surface area (Å²) in [6.45, 7) is 4.79. The summed E-state index contributed by atoms with van der Waals surface area (Å²) < 4.78 is 0. The Kier molecular flexibility index (Phi) is 9.17. The van der Waals surface area contributed by atoms with Crippen molar-refractivity contribution in [1.82, 2.24) is 15.5 Å². The first-order chi connectivity index (χ1) is 19.0. The predicted molar refractivity (Wildman–Crippen MR) is 159 cm³/mol. The number of primary amides is 1. The molecule has 0 radical (unpaired) electrons. The zero-order valence-corrected chi connectivity index (χ0v) is 24.0. The van der Waals surface area contributed by atoms with Gasteiger partial charge in [-0.15, -0.1) is 11.8 Å². The molecule has 0 saturated carbocycles. The molecule has 1 heterocycles. The molecular formula is C31H37N5O3S. The minimum atomic E-state index is -0.669. The zero-order valence-electron chi connectivity index (χ0n) is 23.2. The summed E-state index contributed by atoms with van der Waals surface area (Å²) in [6.07, 6.45) is 2.59. The van der Waals surface area contributed by atoms with E-state index in [4.69, 9.17) is 11.5 Å². The summed E-state index contributed by atoms with van der Waals surface area (Å²) in [5.41, 5.74) is 16.7. The molecule has 0 spiro atoms. The lowest BCUT2D eigenvalue weighted by Gasteiger charge is -2.26. The molecule has 9 heteroatoms. The number of carbonyl (C=O) groups is 3. The summed E-state index contributed by atoms with van der Waals surface area (Å²) in [5.74, 6) is -0.346. The molecule has 3 aromatic carbocycles. The van der Waals surface area contributed by atoms with E-state index in [1.54, 1.807) is 25.6 Å². The third-order valence-electron chi connectivity index (χ3n) is 6.87.